The Kier molecular flexibility index (Phi) is 5.58. The quantitative estimate of drug-likeness (QED) is 0.770. The van der Waals surface area contributed by atoms with Crippen LogP contribution in [0, 0.1) is 0 Å². The van der Waals surface area contributed by atoms with Crippen LogP contribution < -0.4 is 13.8 Å². The molecule has 0 atom stereocenters. The number of aryl methyl sites for hydroxylation is 1. The number of hydrogen-bond acceptors (Lipinski definition) is 5. The molecule has 1 aliphatic heterocycles. The Hall–Kier alpha value is -2.26. The zero-order valence-corrected chi connectivity index (χ0v) is 17.7. The van der Waals surface area contributed by atoms with E-state index in [0.717, 1.165) is 5.56 Å². The zero-order chi connectivity index (χ0) is 20.5. The lowest BCUT2D eigenvalue weighted by atomic mass is 10.0. The number of nitrogens with one attached hydrogen (secondary N) is 1. The Labute approximate surface area is 166 Å². The molecule has 0 fully saturated rings. The summed E-state index contributed by atoms with van der Waals surface area (Å²) in [7, 11) is -5.66. The summed E-state index contributed by atoms with van der Waals surface area (Å²) in [6.45, 7) is 3.58. The van der Waals surface area contributed by atoms with E-state index in [0.29, 0.717) is 36.5 Å². The van der Waals surface area contributed by atoms with Gasteiger partial charge in [0.1, 0.15) is 5.75 Å². The molecule has 1 aliphatic rings. The molecular formula is C19H24N2O5S2. The normalized spacial score (nSPS) is 14.6. The maximum absolute atomic E-state index is 13.1. The van der Waals surface area contributed by atoms with Crippen molar-refractivity contribution in [1.29, 1.82) is 0 Å². The second kappa shape index (κ2) is 7.63. The molecule has 9 heteroatoms. The minimum Gasteiger partial charge on any atom is -0.497 e. The van der Waals surface area contributed by atoms with Gasteiger partial charge in [0.2, 0.25) is 10.0 Å². The largest absolute Gasteiger partial charge is 0.497 e. The van der Waals surface area contributed by atoms with Crippen molar-refractivity contribution in [1.82, 2.24) is 0 Å². The Balaban J connectivity index is 1.94. The molecule has 0 aromatic heterocycles. The van der Waals surface area contributed by atoms with Crippen LogP contribution in [0.15, 0.2) is 47.4 Å². The average Bonchev–Trinajstić information content (AvgIpc) is 2.67. The Morgan fingerprint density at radius 3 is 2.32 bits per heavy atom. The molecule has 2 aromatic carbocycles. The number of hydrogen-bond donors (Lipinski definition) is 1. The van der Waals surface area contributed by atoms with E-state index in [1.165, 1.54) is 23.5 Å². The summed E-state index contributed by atoms with van der Waals surface area (Å²) in [5.74, 6) is 0.583. The summed E-state index contributed by atoms with van der Waals surface area (Å²) in [5.41, 5.74) is 1.82. The molecule has 152 valence electrons. The molecule has 3 rings (SSSR count). The number of benzene rings is 2. The number of anilines is 2. The van der Waals surface area contributed by atoms with Crippen LogP contribution in [0.1, 0.15) is 25.8 Å². The van der Waals surface area contributed by atoms with Gasteiger partial charge < -0.3 is 4.74 Å². The standard InChI is InChI=1S/C19H24N2O5S2/c1-14(2)27(22,23)20-16-6-11-19-15(13-16)5-4-12-21(19)28(24,25)18-9-7-17(26-3)8-10-18/h6-11,13-14,20H,4-5,12H2,1-3H3. The average molecular weight is 425 g/mol. The first-order chi connectivity index (χ1) is 13.1. The van der Waals surface area contributed by atoms with Gasteiger partial charge in [-0.25, -0.2) is 16.8 Å². The molecule has 0 radical (unpaired) electrons. The van der Waals surface area contributed by atoms with E-state index in [2.05, 4.69) is 4.72 Å². The van der Waals surface area contributed by atoms with E-state index in [4.69, 9.17) is 4.74 Å². The topological polar surface area (TPSA) is 92.8 Å². The Morgan fingerprint density at radius 1 is 1.04 bits per heavy atom. The lowest BCUT2D eigenvalue weighted by Gasteiger charge is -2.31. The van der Waals surface area contributed by atoms with Gasteiger partial charge in [-0.1, -0.05) is 0 Å². The Morgan fingerprint density at radius 2 is 1.71 bits per heavy atom. The fourth-order valence-electron chi connectivity index (χ4n) is 3.03. The minimum atomic E-state index is -3.72. The van der Waals surface area contributed by atoms with E-state index >= 15 is 0 Å². The number of sulfonamides is 2. The SMILES string of the molecule is COc1ccc(S(=O)(=O)N2CCCc3cc(NS(=O)(=O)C(C)C)ccc32)cc1. The van der Waals surface area contributed by atoms with Crippen LogP contribution >= 0.6 is 0 Å². The fraction of sp³-hybridized carbons (Fsp3) is 0.368. The summed E-state index contributed by atoms with van der Waals surface area (Å²) in [6, 6.07) is 11.2. The molecule has 2 aromatic rings. The summed E-state index contributed by atoms with van der Waals surface area (Å²) >= 11 is 0. The van der Waals surface area contributed by atoms with Gasteiger partial charge in [-0.15, -0.1) is 0 Å². The number of rotatable bonds is 6. The van der Waals surface area contributed by atoms with Crippen LogP contribution in [0.25, 0.3) is 0 Å². The number of ether oxygens (including phenoxy) is 1. The highest BCUT2D eigenvalue weighted by atomic mass is 32.2. The van der Waals surface area contributed by atoms with Crippen LogP contribution in [0.5, 0.6) is 5.75 Å². The molecule has 0 aliphatic carbocycles. The molecule has 7 nitrogen and oxygen atoms in total. The van der Waals surface area contributed by atoms with Gasteiger partial charge in [0.25, 0.3) is 10.0 Å². The summed E-state index contributed by atoms with van der Waals surface area (Å²) in [4.78, 5) is 0.186. The van der Waals surface area contributed by atoms with E-state index < -0.39 is 25.3 Å². The molecule has 0 saturated carbocycles. The molecule has 0 saturated heterocycles. The summed E-state index contributed by atoms with van der Waals surface area (Å²) in [6.07, 6.45) is 1.34. The van der Waals surface area contributed by atoms with Gasteiger partial charge in [0, 0.05) is 12.2 Å². The fourth-order valence-corrected chi connectivity index (χ4v) is 5.27. The van der Waals surface area contributed by atoms with Crippen molar-refractivity contribution in [3.8, 4) is 5.75 Å². The predicted molar refractivity (Wildman–Crippen MR) is 110 cm³/mol. The first-order valence-electron chi connectivity index (χ1n) is 8.96. The zero-order valence-electron chi connectivity index (χ0n) is 16.0. The van der Waals surface area contributed by atoms with Crippen LogP contribution in [-0.4, -0.2) is 35.7 Å². The third-order valence-corrected chi connectivity index (χ3v) is 8.27. The number of fused-ring (bicyclic) bond motifs is 1. The highest BCUT2D eigenvalue weighted by Gasteiger charge is 2.29. The first kappa shape index (κ1) is 20.5. The van der Waals surface area contributed by atoms with Gasteiger partial charge in [-0.3, -0.25) is 9.03 Å². The second-order valence-electron chi connectivity index (χ2n) is 6.90. The van der Waals surface area contributed by atoms with E-state index in [1.54, 1.807) is 44.2 Å². The third-order valence-electron chi connectivity index (χ3n) is 4.68. The molecule has 0 bridgehead atoms. The van der Waals surface area contributed by atoms with Crippen LogP contribution in [0.3, 0.4) is 0 Å². The van der Waals surface area contributed by atoms with Crippen molar-refractivity contribution in [3.05, 3.63) is 48.0 Å². The van der Waals surface area contributed by atoms with E-state index in [1.807, 2.05) is 0 Å². The highest BCUT2D eigenvalue weighted by Crippen LogP contribution is 2.34. The number of nitrogens with zero attached hydrogens (tertiary/aromatic N) is 1. The first-order valence-corrected chi connectivity index (χ1v) is 11.9. The monoisotopic (exact) mass is 424 g/mol. The molecule has 28 heavy (non-hydrogen) atoms. The van der Waals surface area contributed by atoms with Gasteiger partial charge in [-0.2, -0.15) is 0 Å². The van der Waals surface area contributed by atoms with Gasteiger partial charge in [-0.05, 0) is 74.7 Å². The van der Waals surface area contributed by atoms with Crippen molar-refractivity contribution in [2.24, 2.45) is 0 Å². The molecule has 0 amide bonds. The Bertz CT molecular complexity index is 1060. The van der Waals surface area contributed by atoms with Crippen molar-refractivity contribution in [3.63, 3.8) is 0 Å². The van der Waals surface area contributed by atoms with Crippen molar-refractivity contribution >= 4 is 31.4 Å². The van der Waals surface area contributed by atoms with Crippen LogP contribution in [-0.2, 0) is 26.5 Å². The van der Waals surface area contributed by atoms with Crippen LogP contribution in [0.2, 0.25) is 0 Å². The smallest absolute Gasteiger partial charge is 0.264 e. The highest BCUT2D eigenvalue weighted by molar-refractivity contribution is 7.93. The second-order valence-corrected chi connectivity index (χ2v) is 11.0. The molecular weight excluding hydrogens is 400 g/mol. The number of methoxy groups -OCH3 is 1. The summed E-state index contributed by atoms with van der Waals surface area (Å²) in [5, 5.41) is -0.560. The van der Waals surface area contributed by atoms with Gasteiger partial charge in [0.15, 0.2) is 0 Å². The molecule has 1 heterocycles. The molecule has 0 spiro atoms. The lowest BCUT2D eigenvalue weighted by molar-refractivity contribution is 0.414. The maximum atomic E-state index is 13.1. The third kappa shape index (κ3) is 3.95. The van der Waals surface area contributed by atoms with Crippen LogP contribution in [0.4, 0.5) is 11.4 Å². The predicted octanol–water partition coefficient (Wildman–Crippen LogP) is 2.99. The van der Waals surface area contributed by atoms with E-state index in [-0.39, 0.29) is 4.90 Å². The van der Waals surface area contributed by atoms with E-state index in [9.17, 15) is 16.8 Å². The lowest BCUT2D eigenvalue weighted by Crippen LogP contribution is -2.35. The molecule has 0 unspecified atom stereocenters. The maximum Gasteiger partial charge on any atom is 0.264 e. The minimum absolute atomic E-state index is 0.186. The van der Waals surface area contributed by atoms with Gasteiger partial charge >= 0.3 is 0 Å². The van der Waals surface area contributed by atoms with Crippen molar-refractivity contribution < 1.29 is 21.6 Å². The van der Waals surface area contributed by atoms with Crippen molar-refractivity contribution in [2.45, 2.75) is 36.8 Å². The molecule has 1 N–H and O–H groups in total. The van der Waals surface area contributed by atoms with Gasteiger partial charge in [0.05, 0.1) is 22.9 Å². The summed E-state index contributed by atoms with van der Waals surface area (Å²) < 4.78 is 59.5. The van der Waals surface area contributed by atoms with Crippen molar-refractivity contribution in [2.75, 3.05) is 22.7 Å².